The van der Waals surface area contributed by atoms with E-state index in [0.717, 1.165) is 11.1 Å². The van der Waals surface area contributed by atoms with E-state index in [0.29, 0.717) is 16.8 Å². The molecule has 0 N–H and O–H groups in total. The van der Waals surface area contributed by atoms with Crippen molar-refractivity contribution in [2.24, 2.45) is 4.99 Å². The summed E-state index contributed by atoms with van der Waals surface area (Å²) in [5, 5.41) is 0. The van der Waals surface area contributed by atoms with Gasteiger partial charge in [0.1, 0.15) is 11.3 Å². The first kappa shape index (κ1) is 18.3. The van der Waals surface area contributed by atoms with Gasteiger partial charge in [-0.25, -0.2) is 8.78 Å². The van der Waals surface area contributed by atoms with Crippen molar-refractivity contribution in [1.82, 2.24) is 0 Å². The Hall–Kier alpha value is -1.77. The molecule has 0 spiro atoms. The van der Waals surface area contributed by atoms with Gasteiger partial charge in [0.2, 0.25) is 0 Å². The van der Waals surface area contributed by atoms with Gasteiger partial charge in [-0.3, -0.25) is 4.99 Å². The number of allylic oxidation sites excluding steroid dienone is 2. The van der Waals surface area contributed by atoms with Gasteiger partial charge in [0.05, 0.1) is 5.71 Å². The lowest BCUT2D eigenvalue weighted by molar-refractivity contribution is 0.221. The first-order valence-electron chi connectivity index (χ1n) is 7.33. The Morgan fingerprint density at radius 3 is 2.23 bits per heavy atom. The average Bonchev–Trinajstić information content (AvgIpc) is 2.36. The molecule has 0 aromatic heterocycles. The van der Waals surface area contributed by atoms with E-state index < -0.39 is 11.3 Å². The van der Waals surface area contributed by atoms with Gasteiger partial charge in [0.25, 0.3) is 0 Å². The fourth-order valence-corrected chi connectivity index (χ4v) is 1.93. The SMILES string of the molecule is C=CN=C(/C=C(\C)C(C)(C)F)c1cc(C(C)(C)F)ccc1C. The van der Waals surface area contributed by atoms with Crippen LogP contribution in [0.3, 0.4) is 0 Å². The summed E-state index contributed by atoms with van der Waals surface area (Å²) < 4.78 is 28.3. The molecule has 0 aliphatic heterocycles. The van der Waals surface area contributed by atoms with Gasteiger partial charge in [0.15, 0.2) is 0 Å². The third-order valence-electron chi connectivity index (χ3n) is 3.72. The van der Waals surface area contributed by atoms with E-state index >= 15 is 0 Å². The van der Waals surface area contributed by atoms with Crippen LogP contribution in [-0.2, 0) is 5.67 Å². The summed E-state index contributed by atoms with van der Waals surface area (Å²) in [5.74, 6) is 0. The van der Waals surface area contributed by atoms with Crippen molar-refractivity contribution in [3.63, 3.8) is 0 Å². The second-order valence-corrected chi connectivity index (χ2v) is 6.50. The van der Waals surface area contributed by atoms with E-state index in [9.17, 15) is 8.78 Å². The van der Waals surface area contributed by atoms with Gasteiger partial charge in [-0.15, -0.1) is 0 Å². The smallest absolute Gasteiger partial charge is 0.130 e. The molecule has 0 unspecified atom stereocenters. The standard InChI is InChI=1S/C19H25F2N/c1-8-22-17(11-14(3)18(4,5)20)16-12-15(19(6,7)21)10-9-13(16)2/h8-12H,1H2,2-7H3/b14-11+,22-17?. The van der Waals surface area contributed by atoms with Crippen LogP contribution in [0.2, 0.25) is 0 Å². The molecule has 0 fully saturated rings. The van der Waals surface area contributed by atoms with E-state index in [1.54, 1.807) is 25.1 Å². The molecule has 0 saturated carbocycles. The van der Waals surface area contributed by atoms with Crippen LogP contribution < -0.4 is 0 Å². The minimum atomic E-state index is -1.44. The van der Waals surface area contributed by atoms with Crippen molar-refractivity contribution < 1.29 is 8.78 Å². The van der Waals surface area contributed by atoms with Crippen molar-refractivity contribution in [3.05, 3.63) is 59.3 Å². The molecule has 0 saturated heterocycles. The number of nitrogens with zero attached hydrogens (tertiary/aromatic N) is 1. The molecule has 1 aromatic carbocycles. The molecule has 1 rings (SSSR count). The van der Waals surface area contributed by atoms with Crippen LogP contribution in [0.15, 0.2) is 47.6 Å². The van der Waals surface area contributed by atoms with Crippen LogP contribution in [0.25, 0.3) is 0 Å². The molecule has 1 nitrogen and oxygen atoms in total. The zero-order chi connectivity index (χ0) is 17.1. The van der Waals surface area contributed by atoms with Crippen LogP contribution in [0.5, 0.6) is 0 Å². The third-order valence-corrected chi connectivity index (χ3v) is 3.72. The maximum atomic E-state index is 14.2. The summed E-state index contributed by atoms with van der Waals surface area (Å²) in [5.41, 5.74) is 0.558. The molecular weight excluding hydrogens is 280 g/mol. The minimum absolute atomic E-state index is 0.553. The minimum Gasteiger partial charge on any atom is -0.257 e. The van der Waals surface area contributed by atoms with Gasteiger partial charge >= 0.3 is 0 Å². The van der Waals surface area contributed by atoms with Crippen molar-refractivity contribution in [1.29, 1.82) is 0 Å². The highest BCUT2D eigenvalue weighted by Crippen LogP contribution is 2.28. The van der Waals surface area contributed by atoms with Crippen molar-refractivity contribution in [2.45, 2.75) is 52.9 Å². The first-order valence-corrected chi connectivity index (χ1v) is 7.33. The predicted octanol–water partition coefficient (Wildman–Crippen LogP) is 5.83. The van der Waals surface area contributed by atoms with Gasteiger partial charge in [0, 0.05) is 11.8 Å². The number of hydrogen-bond acceptors (Lipinski definition) is 1. The van der Waals surface area contributed by atoms with Crippen LogP contribution in [0, 0.1) is 6.92 Å². The van der Waals surface area contributed by atoms with Crippen LogP contribution >= 0.6 is 0 Å². The second kappa shape index (κ2) is 6.55. The Morgan fingerprint density at radius 1 is 1.18 bits per heavy atom. The number of benzene rings is 1. The molecule has 0 aliphatic rings. The summed E-state index contributed by atoms with van der Waals surface area (Å²) in [6.45, 7) is 13.3. The van der Waals surface area contributed by atoms with Gasteiger partial charge in [-0.05, 0) is 70.4 Å². The molecule has 0 atom stereocenters. The number of hydrogen-bond donors (Lipinski definition) is 0. The molecular formula is C19H25F2N. The van der Waals surface area contributed by atoms with Gasteiger partial charge in [-0.1, -0.05) is 18.7 Å². The molecule has 0 heterocycles. The number of aryl methyl sites for hydroxylation is 1. The van der Waals surface area contributed by atoms with E-state index in [1.807, 2.05) is 13.0 Å². The van der Waals surface area contributed by atoms with E-state index in [4.69, 9.17) is 0 Å². The quantitative estimate of drug-likeness (QED) is 0.607. The molecule has 1 aromatic rings. The van der Waals surface area contributed by atoms with Gasteiger partial charge in [-0.2, -0.15) is 0 Å². The van der Waals surface area contributed by atoms with Crippen LogP contribution in [0.4, 0.5) is 8.78 Å². The second-order valence-electron chi connectivity index (χ2n) is 6.50. The summed E-state index contributed by atoms with van der Waals surface area (Å²) in [7, 11) is 0. The van der Waals surface area contributed by atoms with Crippen molar-refractivity contribution >= 4 is 5.71 Å². The fraction of sp³-hybridized carbons (Fsp3) is 0.421. The van der Waals surface area contributed by atoms with E-state index in [1.165, 1.54) is 33.9 Å². The molecule has 22 heavy (non-hydrogen) atoms. The molecule has 120 valence electrons. The fourth-order valence-electron chi connectivity index (χ4n) is 1.93. The lowest BCUT2D eigenvalue weighted by Crippen LogP contribution is -2.16. The molecule has 0 aliphatic carbocycles. The van der Waals surface area contributed by atoms with Crippen LogP contribution in [0.1, 0.15) is 51.3 Å². The Bertz CT molecular complexity index is 611. The Kier molecular flexibility index (Phi) is 5.44. The summed E-state index contributed by atoms with van der Waals surface area (Å²) in [6.07, 6.45) is 3.11. The Balaban J connectivity index is 3.47. The number of rotatable bonds is 5. The highest BCUT2D eigenvalue weighted by atomic mass is 19.1. The number of aliphatic imine (C=N–C) groups is 1. The maximum Gasteiger partial charge on any atom is 0.130 e. The van der Waals surface area contributed by atoms with Crippen molar-refractivity contribution in [2.75, 3.05) is 0 Å². The predicted molar refractivity (Wildman–Crippen MR) is 91.0 cm³/mol. The summed E-state index contributed by atoms with van der Waals surface area (Å²) >= 11 is 0. The monoisotopic (exact) mass is 305 g/mol. The van der Waals surface area contributed by atoms with Gasteiger partial charge < -0.3 is 0 Å². The largest absolute Gasteiger partial charge is 0.257 e. The average molecular weight is 305 g/mol. The Labute approximate surface area is 132 Å². The lowest BCUT2D eigenvalue weighted by Gasteiger charge is -2.19. The number of alkyl halides is 2. The van der Waals surface area contributed by atoms with E-state index in [-0.39, 0.29) is 0 Å². The number of halogens is 2. The molecule has 0 amide bonds. The summed E-state index contributed by atoms with van der Waals surface area (Å²) in [4.78, 5) is 4.25. The molecule has 0 bridgehead atoms. The highest BCUT2D eigenvalue weighted by molar-refractivity contribution is 6.10. The maximum absolute atomic E-state index is 14.2. The summed E-state index contributed by atoms with van der Waals surface area (Å²) in [6, 6.07) is 5.39. The van der Waals surface area contributed by atoms with Crippen molar-refractivity contribution in [3.8, 4) is 0 Å². The Morgan fingerprint density at radius 2 is 1.77 bits per heavy atom. The van der Waals surface area contributed by atoms with Crippen LogP contribution in [-0.4, -0.2) is 11.4 Å². The normalized spacial score (nSPS) is 14.2. The third kappa shape index (κ3) is 4.62. The molecule has 3 heteroatoms. The molecule has 0 radical (unpaired) electrons. The first-order chi connectivity index (χ1) is 9.96. The topological polar surface area (TPSA) is 12.4 Å². The highest BCUT2D eigenvalue weighted by Gasteiger charge is 2.22. The zero-order valence-corrected chi connectivity index (χ0v) is 14.3. The zero-order valence-electron chi connectivity index (χ0n) is 14.3. The lowest BCUT2D eigenvalue weighted by atomic mass is 9.92. The van der Waals surface area contributed by atoms with E-state index in [2.05, 4.69) is 11.6 Å².